The molecule has 1 aromatic carbocycles. The Morgan fingerprint density at radius 2 is 2.17 bits per heavy atom. The van der Waals surface area contributed by atoms with Crippen molar-refractivity contribution in [3.05, 3.63) is 41.6 Å². The minimum atomic E-state index is -4.19. The molecular weight excluding hydrogens is 250 g/mol. The zero-order valence-electron chi connectivity index (χ0n) is 10.5. The van der Waals surface area contributed by atoms with Crippen LogP contribution in [0.2, 0.25) is 0 Å². The topological polar surface area (TPSA) is 66.4 Å². The fourth-order valence-corrected chi connectivity index (χ4v) is 2.04. The lowest BCUT2D eigenvalue weighted by Gasteiger charge is -2.11. The Balaban J connectivity index is 3.27. The Morgan fingerprint density at radius 3 is 2.67 bits per heavy atom. The van der Waals surface area contributed by atoms with E-state index in [1.807, 2.05) is 13.8 Å². The van der Waals surface area contributed by atoms with Crippen molar-refractivity contribution in [2.75, 3.05) is 6.54 Å². The van der Waals surface area contributed by atoms with Gasteiger partial charge >= 0.3 is 0 Å². The van der Waals surface area contributed by atoms with Crippen molar-refractivity contribution in [3.8, 4) is 0 Å². The van der Waals surface area contributed by atoms with Crippen molar-refractivity contribution in [1.29, 1.82) is 0 Å². The molecule has 0 spiro atoms. The summed E-state index contributed by atoms with van der Waals surface area (Å²) in [5, 5.41) is 3.12. The van der Waals surface area contributed by atoms with Crippen molar-refractivity contribution in [2.24, 2.45) is 0 Å². The molecule has 98 valence electrons. The second kappa shape index (κ2) is 5.87. The third kappa shape index (κ3) is 3.47. The van der Waals surface area contributed by atoms with Gasteiger partial charge in [-0.2, -0.15) is 8.42 Å². The Kier molecular flexibility index (Phi) is 4.73. The molecule has 0 heterocycles. The highest BCUT2D eigenvalue weighted by atomic mass is 32.2. The lowest BCUT2D eigenvalue weighted by Crippen LogP contribution is -2.13. The van der Waals surface area contributed by atoms with Gasteiger partial charge in [-0.15, -0.1) is 5.73 Å². The van der Waals surface area contributed by atoms with Gasteiger partial charge in [-0.05, 0) is 31.0 Å². The van der Waals surface area contributed by atoms with Crippen LogP contribution in [0.4, 0.5) is 0 Å². The van der Waals surface area contributed by atoms with E-state index in [1.54, 1.807) is 6.07 Å². The highest BCUT2D eigenvalue weighted by Gasteiger charge is 2.13. The molecule has 0 aliphatic carbocycles. The van der Waals surface area contributed by atoms with Crippen LogP contribution in [-0.2, 0) is 10.1 Å². The molecule has 0 amide bonds. The summed E-state index contributed by atoms with van der Waals surface area (Å²) in [5.74, 6) is 0. The summed E-state index contributed by atoms with van der Waals surface area (Å²) < 4.78 is 31.3. The van der Waals surface area contributed by atoms with Gasteiger partial charge in [0.15, 0.2) is 0 Å². The zero-order valence-corrected chi connectivity index (χ0v) is 11.3. The largest absolute Gasteiger partial charge is 0.378 e. The second-order valence-electron chi connectivity index (χ2n) is 3.93. The molecule has 5 heteroatoms. The maximum Gasteiger partial charge on any atom is 0.294 e. The Bertz CT molecular complexity index is 584. The smallest absolute Gasteiger partial charge is 0.294 e. The SMILES string of the molecule is C=C=C(NCCC)c1cc(S(=O)(=O)O)ccc1C. The van der Waals surface area contributed by atoms with Gasteiger partial charge in [-0.3, -0.25) is 4.55 Å². The lowest BCUT2D eigenvalue weighted by atomic mass is 10.1. The summed E-state index contributed by atoms with van der Waals surface area (Å²) in [5.41, 5.74) is 4.95. The lowest BCUT2D eigenvalue weighted by molar-refractivity contribution is 0.483. The summed E-state index contributed by atoms with van der Waals surface area (Å²) in [6.45, 7) is 8.21. The first-order valence-corrected chi connectivity index (χ1v) is 7.06. The van der Waals surface area contributed by atoms with Gasteiger partial charge in [0.1, 0.15) is 0 Å². The maximum atomic E-state index is 11.1. The fraction of sp³-hybridized carbons (Fsp3) is 0.308. The van der Waals surface area contributed by atoms with Crippen LogP contribution in [-0.4, -0.2) is 19.5 Å². The third-order valence-electron chi connectivity index (χ3n) is 2.50. The van der Waals surface area contributed by atoms with E-state index in [-0.39, 0.29) is 4.90 Å². The van der Waals surface area contributed by atoms with E-state index in [2.05, 4.69) is 17.6 Å². The first-order valence-electron chi connectivity index (χ1n) is 5.62. The molecule has 0 unspecified atom stereocenters. The number of benzene rings is 1. The van der Waals surface area contributed by atoms with Gasteiger partial charge in [-0.25, -0.2) is 0 Å². The molecule has 1 rings (SSSR count). The van der Waals surface area contributed by atoms with Crippen LogP contribution in [0.3, 0.4) is 0 Å². The predicted molar refractivity (Wildman–Crippen MR) is 71.8 cm³/mol. The molecule has 1 aromatic rings. The molecule has 0 atom stereocenters. The van der Waals surface area contributed by atoms with Crippen LogP contribution < -0.4 is 5.32 Å². The molecule has 0 aromatic heterocycles. The minimum absolute atomic E-state index is 0.130. The number of hydrogen-bond donors (Lipinski definition) is 2. The summed E-state index contributed by atoms with van der Waals surface area (Å²) in [6, 6.07) is 4.43. The van der Waals surface area contributed by atoms with Gasteiger partial charge in [0.25, 0.3) is 10.1 Å². The molecule has 0 aliphatic rings. The van der Waals surface area contributed by atoms with E-state index in [0.29, 0.717) is 11.3 Å². The normalized spacial score (nSPS) is 10.8. The van der Waals surface area contributed by atoms with Crippen LogP contribution in [0.1, 0.15) is 24.5 Å². The molecule has 0 saturated carbocycles. The minimum Gasteiger partial charge on any atom is -0.378 e. The molecule has 0 aliphatic heterocycles. The van der Waals surface area contributed by atoms with E-state index >= 15 is 0 Å². The molecule has 0 fully saturated rings. The number of aryl methyl sites for hydroxylation is 1. The summed E-state index contributed by atoms with van der Waals surface area (Å²) in [6.07, 6.45) is 0.933. The first kappa shape index (κ1) is 14.5. The summed E-state index contributed by atoms with van der Waals surface area (Å²) in [7, 11) is -4.19. The van der Waals surface area contributed by atoms with Crippen molar-refractivity contribution in [1.82, 2.24) is 5.32 Å². The molecule has 2 N–H and O–H groups in total. The van der Waals surface area contributed by atoms with Gasteiger partial charge in [0, 0.05) is 12.1 Å². The third-order valence-corrected chi connectivity index (χ3v) is 3.35. The first-order chi connectivity index (χ1) is 8.40. The highest BCUT2D eigenvalue weighted by molar-refractivity contribution is 7.85. The zero-order chi connectivity index (χ0) is 13.8. The molecule has 0 saturated heterocycles. The van der Waals surface area contributed by atoms with Crippen LogP contribution in [0.5, 0.6) is 0 Å². The van der Waals surface area contributed by atoms with Crippen LogP contribution in [0, 0.1) is 6.92 Å². The fourth-order valence-electron chi connectivity index (χ4n) is 1.53. The second-order valence-corrected chi connectivity index (χ2v) is 5.35. The van der Waals surface area contributed by atoms with E-state index in [4.69, 9.17) is 4.55 Å². The van der Waals surface area contributed by atoms with Crippen LogP contribution in [0.15, 0.2) is 35.4 Å². The van der Waals surface area contributed by atoms with E-state index in [9.17, 15) is 8.42 Å². The highest BCUT2D eigenvalue weighted by Crippen LogP contribution is 2.20. The summed E-state index contributed by atoms with van der Waals surface area (Å²) in [4.78, 5) is -0.130. The van der Waals surface area contributed by atoms with E-state index in [1.165, 1.54) is 12.1 Å². The van der Waals surface area contributed by atoms with Crippen LogP contribution >= 0.6 is 0 Å². The van der Waals surface area contributed by atoms with Crippen molar-refractivity contribution >= 4 is 15.8 Å². The van der Waals surface area contributed by atoms with Crippen molar-refractivity contribution < 1.29 is 13.0 Å². The average Bonchev–Trinajstić information content (AvgIpc) is 2.30. The Labute approximate surface area is 108 Å². The predicted octanol–water partition coefficient (Wildman–Crippen LogP) is 2.37. The average molecular weight is 267 g/mol. The number of rotatable bonds is 5. The van der Waals surface area contributed by atoms with Gasteiger partial charge in [0.2, 0.25) is 0 Å². The molecule has 18 heavy (non-hydrogen) atoms. The van der Waals surface area contributed by atoms with Gasteiger partial charge < -0.3 is 5.32 Å². The number of nitrogens with one attached hydrogen (secondary N) is 1. The molecular formula is C13H17NO3S. The Morgan fingerprint density at radius 1 is 1.50 bits per heavy atom. The molecule has 0 radical (unpaired) electrons. The van der Waals surface area contributed by atoms with Crippen molar-refractivity contribution in [2.45, 2.75) is 25.2 Å². The van der Waals surface area contributed by atoms with Gasteiger partial charge in [0.05, 0.1) is 10.6 Å². The van der Waals surface area contributed by atoms with Gasteiger partial charge in [-0.1, -0.05) is 19.6 Å². The quantitative estimate of drug-likeness (QED) is 0.635. The summed E-state index contributed by atoms with van der Waals surface area (Å²) >= 11 is 0. The standard InChI is InChI=1S/C13H17NO3S/c1-4-8-14-13(5-2)12-9-11(18(15,16)17)7-6-10(12)3/h6-7,9,14H,2,4,8H2,1,3H3,(H,15,16,17). The monoisotopic (exact) mass is 267 g/mol. The van der Waals surface area contributed by atoms with Crippen LogP contribution in [0.25, 0.3) is 5.70 Å². The van der Waals surface area contributed by atoms with Crippen molar-refractivity contribution in [3.63, 3.8) is 0 Å². The molecule has 4 nitrogen and oxygen atoms in total. The molecule has 0 bridgehead atoms. The maximum absolute atomic E-state index is 11.1. The van der Waals surface area contributed by atoms with E-state index < -0.39 is 10.1 Å². The Hall–Kier alpha value is -1.55. The number of hydrogen-bond acceptors (Lipinski definition) is 3. The van der Waals surface area contributed by atoms with E-state index in [0.717, 1.165) is 18.5 Å².